The van der Waals surface area contributed by atoms with Crippen LogP contribution in [0.5, 0.6) is 0 Å². The summed E-state index contributed by atoms with van der Waals surface area (Å²) in [6, 6.07) is 0. The van der Waals surface area contributed by atoms with E-state index >= 15 is 0 Å². The molecule has 0 spiro atoms. The standard InChI is InChI=1S/C13H22N2/c1-4-5-6-7-8-11(2)13-9-14-12(3)15-10-13/h9-11H,4-8H2,1-3H3. The second-order valence-electron chi connectivity index (χ2n) is 4.31. The van der Waals surface area contributed by atoms with Crippen LogP contribution in [0.2, 0.25) is 0 Å². The van der Waals surface area contributed by atoms with Gasteiger partial charge in [-0.05, 0) is 24.8 Å². The topological polar surface area (TPSA) is 25.8 Å². The lowest BCUT2D eigenvalue weighted by atomic mass is 9.97. The summed E-state index contributed by atoms with van der Waals surface area (Å²) in [5, 5.41) is 0. The molecule has 1 atom stereocenters. The molecule has 0 aliphatic carbocycles. The summed E-state index contributed by atoms with van der Waals surface area (Å²) in [4.78, 5) is 8.47. The van der Waals surface area contributed by atoms with Crippen LogP contribution in [0.25, 0.3) is 0 Å². The predicted octanol–water partition coefficient (Wildman–Crippen LogP) is 3.86. The fraction of sp³-hybridized carbons (Fsp3) is 0.692. The molecule has 0 aliphatic rings. The molecule has 0 saturated carbocycles. The third kappa shape index (κ3) is 4.41. The van der Waals surface area contributed by atoms with Crippen LogP contribution in [0.15, 0.2) is 12.4 Å². The Balaban J connectivity index is 2.33. The van der Waals surface area contributed by atoms with Crippen molar-refractivity contribution in [2.24, 2.45) is 0 Å². The second-order valence-corrected chi connectivity index (χ2v) is 4.31. The minimum Gasteiger partial charge on any atom is -0.241 e. The van der Waals surface area contributed by atoms with Gasteiger partial charge in [-0.1, -0.05) is 39.5 Å². The Morgan fingerprint density at radius 1 is 1.13 bits per heavy atom. The maximum Gasteiger partial charge on any atom is 0.125 e. The van der Waals surface area contributed by atoms with E-state index in [1.807, 2.05) is 19.3 Å². The first-order valence-corrected chi connectivity index (χ1v) is 6.02. The van der Waals surface area contributed by atoms with Crippen molar-refractivity contribution in [2.45, 2.75) is 58.8 Å². The zero-order valence-corrected chi connectivity index (χ0v) is 10.2. The smallest absolute Gasteiger partial charge is 0.125 e. The van der Waals surface area contributed by atoms with Gasteiger partial charge >= 0.3 is 0 Å². The molecule has 2 heteroatoms. The highest BCUT2D eigenvalue weighted by atomic mass is 14.8. The average molecular weight is 206 g/mol. The molecule has 0 aromatic carbocycles. The summed E-state index contributed by atoms with van der Waals surface area (Å²) in [7, 11) is 0. The molecule has 1 aromatic rings. The first kappa shape index (κ1) is 12.2. The molecule has 0 fully saturated rings. The maximum absolute atomic E-state index is 4.23. The lowest BCUT2D eigenvalue weighted by Gasteiger charge is -2.10. The minimum atomic E-state index is 0.599. The van der Waals surface area contributed by atoms with Crippen molar-refractivity contribution in [3.8, 4) is 0 Å². The van der Waals surface area contributed by atoms with Crippen LogP contribution in [0.3, 0.4) is 0 Å². The summed E-state index contributed by atoms with van der Waals surface area (Å²) in [6.07, 6.45) is 10.5. The van der Waals surface area contributed by atoms with Gasteiger partial charge in [0.25, 0.3) is 0 Å². The molecule has 15 heavy (non-hydrogen) atoms. The minimum absolute atomic E-state index is 0.599. The van der Waals surface area contributed by atoms with Crippen LogP contribution in [0, 0.1) is 6.92 Å². The first-order chi connectivity index (χ1) is 7.24. The molecule has 1 unspecified atom stereocenters. The van der Waals surface area contributed by atoms with E-state index in [0.29, 0.717) is 5.92 Å². The summed E-state index contributed by atoms with van der Waals surface area (Å²) < 4.78 is 0. The number of rotatable bonds is 6. The number of hydrogen-bond acceptors (Lipinski definition) is 2. The normalized spacial score (nSPS) is 12.7. The molecule has 84 valence electrons. The van der Waals surface area contributed by atoms with E-state index in [1.54, 1.807) is 0 Å². The Kier molecular flexibility index (Phi) is 5.30. The number of hydrogen-bond donors (Lipinski definition) is 0. The molecule has 0 bridgehead atoms. The highest BCUT2D eigenvalue weighted by molar-refractivity contribution is 5.10. The van der Waals surface area contributed by atoms with Gasteiger partial charge in [-0.2, -0.15) is 0 Å². The maximum atomic E-state index is 4.23. The summed E-state index contributed by atoms with van der Waals surface area (Å²) in [6.45, 7) is 6.44. The van der Waals surface area contributed by atoms with Crippen molar-refractivity contribution in [3.63, 3.8) is 0 Å². The predicted molar refractivity (Wildman–Crippen MR) is 63.9 cm³/mol. The fourth-order valence-electron chi connectivity index (χ4n) is 1.70. The van der Waals surface area contributed by atoms with Crippen molar-refractivity contribution in [2.75, 3.05) is 0 Å². The largest absolute Gasteiger partial charge is 0.241 e. The average Bonchev–Trinajstić information content (AvgIpc) is 2.25. The molecule has 0 N–H and O–H groups in total. The third-order valence-corrected chi connectivity index (χ3v) is 2.86. The van der Waals surface area contributed by atoms with Crippen LogP contribution in [0.1, 0.15) is 63.3 Å². The summed E-state index contributed by atoms with van der Waals surface area (Å²) >= 11 is 0. The SMILES string of the molecule is CCCCCCC(C)c1cnc(C)nc1. The van der Waals surface area contributed by atoms with Crippen LogP contribution in [-0.2, 0) is 0 Å². The Bertz CT molecular complexity index is 266. The molecular weight excluding hydrogens is 184 g/mol. The van der Waals surface area contributed by atoms with Gasteiger partial charge in [-0.3, -0.25) is 0 Å². The number of unbranched alkanes of at least 4 members (excludes halogenated alkanes) is 3. The van der Waals surface area contributed by atoms with E-state index in [0.717, 1.165) is 5.82 Å². The van der Waals surface area contributed by atoms with Crippen LogP contribution in [0.4, 0.5) is 0 Å². The van der Waals surface area contributed by atoms with E-state index in [2.05, 4.69) is 23.8 Å². The van der Waals surface area contributed by atoms with E-state index in [4.69, 9.17) is 0 Å². The zero-order valence-electron chi connectivity index (χ0n) is 10.2. The van der Waals surface area contributed by atoms with Crippen molar-refractivity contribution in [1.82, 2.24) is 9.97 Å². The summed E-state index contributed by atoms with van der Waals surface area (Å²) in [5.74, 6) is 1.46. The molecule has 0 saturated heterocycles. The van der Waals surface area contributed by atoms with Gasteiger partial charge in [0.2, 0.25) is 0 Å². The van der Waals surface area contributed by atoms with Gasteiger partial charge in [0.15, 0.2) is 0 Å². The monoisotopic (exact) mass is 206 g/mol. The van der Waals surface area contributed by atoms with Gasteiger partial charge in [0, 0.05) is 12.4 Å². The zero-order chi connectivity index (χ0) is 11.1. The molecule has 0 radical (unpaired) electrons. The van der Waals surface area contributed by atoms with Crippen molar-refractivity contribution < 1.29 is 0 Å². The van der Waals surface area contributed by atoms with Crippen LogP contribution in [-0.4, -0.2) is 9.97 Å². The number of nitrogens with zero attached hydrogens (tertiary/aromatic N) is 2. The van der Waals surface area contributed by atoms with Crippen molar-refractivity contribution >= 4 is 0 Å². The van der Waals surface area contributed by atoms with Crippen LogP contribution >= 0.6 is 0 Å². The fourth-order valence-corrected chi connectivity index (χ4v) is 1.70. The molecule has 1 heterocycles. The lowest BCUT2D eigenvalue weighted by molar-refractivity contribution is 0.577. The van der Waals surface area contributed by atoms with Gasteiger partial charge < -0.3 is 0 Å². The number of aryl methyl sites for hydroxylation is 1. The van der Waals surface area contributed by atoms with Crippen molar-refractivity contribution in [3.05, 3.63) is 23.8 Å². The first-order valence-electron chi connectivity index (χ1n) is 6.02. The molecule has 2 nitrogen and oxygen atoms in total. The van der Waals surface area contributed by atoms with Gasteiger partial charge in [0.05, 0.1) is 0 Å². The van der Waals surface area contributed by atoms with Gasteiger partial charge in [-0.15, -0.1) is 0 Å². The van der Waals surface area contributed by atoms with Gasteiger partial charge in [0.1, 0.15) is 5.82 Å². The molecule has 1 rings (SSSR count). The molecule has 0 amide bonds. The Hall–Kier alpha value is -0.920. The van der Waals surface area contributed by atoms with E-state index in [-0.39, 0.29) is 0 Å². The summed E-state index contributed by atoms with van der Waals surface area (Å²) in [5.41, 5.74) is 1.28. The third-order valence-electron chi connectivity index (χ3n) is 2.86. The van der Waals surface area contributed by atoms with E-state index in [9.17, 15) is 0 Å². The second kappa shape index (κ2) is 6.54. The molecular formula is C13H22N2. The lowest BCUT2D eigenvalue weighted by Crippen LogP contribution is -1.97. The van der Waals surface area contributed by atoms with Crippen LogP contribution < -0.4 is 0 Å². The van der Waals surface area contributed by atoms with Crippen molar-refractivity contribution in [1.29, 1.82) is 0 Å². The van der Waals surface area contributed by atoms with Gasteiger partial charge in [-0.25, -0.2) is 9.97 Å². The highest BCUT2D eigenvalue weighted by Crippen LogP contribution is 2.20. The Morgan fingerprint density at radius 2 is 1.80 bits per heavy atom. The number of aromatic nitrogens is 2. The van der Waals surface area contributed by atoms with E-state index in [1.165, 1.54) is 37.7 Å². The Labute approximate surface area is 93.2 Å². The highest BCUT2D eigenvalue weighted by Gasteiger charge is 2.05. The molecule has 0 aliphatic heterocycles. The van der Waals surface area contributed by atoms with E-state index < -0.39 is 0 Å². The quantitative estimate of drug-likeness (QED) is 0.660. The Morgan fingerprint density at radius 3 is 2.40 bits per heavy atom. The molecule has 1 aromatic heterocycles.